The third kappa shape index (κ3) is 13.8. The Kier molecular flexibility index (Phi) is 16.0. The maximum Gasteiger partial charge on any atom is 0.250 e. The van der Waals surface area contributed by atoms with Gasteiger partial charge in [0.2, 0.25) is 15.2 Å². The van der Waals surface area contributed by atoms with Crippen molar-refractivity contribution in [2.24, 2.45) is 0 Å². The van der Waals surface area contributed by atoms with Gasteiger partial charge >= 0.3 is 0 Å². The Labute approximate surface area is 347 Å². The third-order valence-corrected chi connectivity index (χ3v) is 7.72. The molecule has 3 heterocycles. The quantitative estimate of drug-likeness (QED) is 0.160. The van der Waals surface area contributed by atoms with E-state index in [1.54, 1.807) is 56.7 Å². The van der Waals surface area contributed by atoms with E-state index < -0.39 is 15.2 Å². The van der Waals surface area contributed by atoms with Crippen LogP contribution in [-0.2, 0) is 21.6 Å². The van der Waals surface area contributed by atoms with Crippen LogP contribution in [0.5, 0.6) is 11.5 Å². The van der Waals surface area contributed by atoms with E-state index in [4.69, 9.17) is 153 Å². The number of aromatic nitrogens is 6. The summed E-state index contributed by atoms with van der Waals surface area (Å²) in [5, 5.41) is 0. The molecule has 4 aromatic rings. The van der Waals surface area contributed by atoms with Crippen molar-refractivity contribution in [3.8, 4) is 11.5 Å². The van der Waals surface area contributed by atoms with Crippen LogP contribution < -0.4 is 9.47 Å². The summed E-state index contributed by atoms with van der Waals surface area (Å²) in [5.74, 6) is 2.44. The Morgan fingerprint density at radius 2 is 0.960 bits per heavy atom. The summed E-state index contributed by atoms with van der Waals surface area (Å²) in [6.07, 6.45) is 8.31. The monoisotopic (exact) mass is 922 g/mol. The van der Waals surface area contributed by atoms with E-state index in [9.17, 15) is 0 Å². The molecule has 0 aliphatic rings. The fraction of sp³-hybridized carbons (Fsp3) is 0.310. The van der Waals surface area contributed by atoms with Gasteiger partial charge in [0, 0.05) is 12.5 Å². The van der Waals surface area contributed by atoms with Crippen LogP contribution in [0.4, 0.5) is 0 Å². The minimum atomic E-state index is -1.91. The first-order chi connectivity index (χ1) is 23.1. The zero-order chi connectivity index (χ0) is 37.5. The van der Waals surface area contributed by atoms with Gasteiger partial charge in [-0.05, 0) is 54.5 Å². The molecule has 9 nitrogen and oxygen atoms in total. The maximum atomic E-state index is 5.84. The molecular formula is C29H22Cl12N6O3. The number of alkyl halides is 12. The number of benzene rings is 1. The van der Waals surface area contributed by atoms with Crippen LogP contribution in [-0.4, -0.2) is 44.1 Å². The molecule has 3 aromatic heterocycles. The molecule has 0 fully saturated rings. The Balaban J connectivity index is 0.000000271. The van der Waals surface area contributed by atoms with E-state index in [1.165, 1.54) is 0 Å². The van der Waals surface area contributed by atoms with Gasteiger partial charge in [-0.2, -0.15) is 0 Å². The second-order valence-corrected chi connectivity index (χ2v) is 18.7. The van der Waals surface area contributed by atoms with Gasteiger partial charge in [0.05, 0.1) is 14.2 Å². The van der Waals surface area contributed by atoms with Crippen molar-refractivity contribution < 1.29 is 13.9 Å². The summed E-state index contributed by atoms with van der Waals surface area (Å²) in [6, 6.07) is 9.03. The SMILES string of the molecule is CCCc1ccc(C=Cc2nc(C(Cl)(Cl)Cl)nc(C(Cl)(Cl)Cl)n2)o1.COc1cc(C=Cc2nc(C(Cl)(Cl)Cl)nc(C(Cl)(Cl)Cl)n2)cc(OC)c1. The molecule has 0 spiro atoms. The lowest BCUT2D eigenvalue weighted by atomic mass is 10.2. The molecule has 0 atom stereocenters. The van der Waals surface area contributed by atoms with Crippen LogP contribution in [0.3, 0.4) is 0 Å². The van der Waals surface area contributed by atoms with Gasteiger partial charge < -0.3 is 13.9 Å². The number of hydrogen-bond donors (Lipinski definition) is 0. The van der Waals surface area contributed by atoms with Gasteiger partial charge in [0.15, 0.2) is 34.9 Å². The number of halogens is 12. The number of aryl methyl sites for hydroxylation is 1. The van der Waals surface area contributed by atoms with Crippen LogP contribution in [0, 0.1) is 0 Å². The molecule has 0 bridgehead atoms. The van der Waals surface area contributed by atoms with Crippen molar-refractivity contribution >= 4 is 164 Å². The fourth-order valence-electron chi connectivity index (χ4n) is 3.56. The molecular weight excluding hydrogens is 906 g/mol. The van der Waals surface area contributed by atoms with Gasteiger partial charge in [-0.3, -0.25) is 0 Å². The van der Waals surface area contributed by atoms with Gasteiger partial charge in [0.25, 0.3) is 0 Å². The van der Waals surface area contributed by atoms with Crippen molar-refractivity contribution in [3.05, 3.63) is 82.4 Å². The molecule has 0 amide bonds. The molecule has 1 aromatic carbocycles. The van der Waals surface area contributed by atoms with Crippen molar-refractivity contribution in [3.63, 3.8) is 0 Å². The summed E-state index contributed by atoms with van der Waals surface area (Å²) in [4.78, 5) is 24.0. The highest BCUT2D eigenvalue weighted by Crippen LogP contribution is 2.41. The molecule has 0 N–H and O–H groups in total. The summed E-state index contributed by atoms with van der Waals surface area (Å²) in [6.45, 7) is 2.07. The summed E-state index contributed by atoms with van der Waals surface area (Å²) >= 11 is 69.9. The molecule has 0 unspecified atom stereocenters. The highest BCUT2D eigenvalue weighted by molar-refractivity contribution is 6.68. The minimum Gasteiger partial charge on any atom is -0.497 e. The molecule has 0 aliphatic carbocycles. The number of methoxy groups -OCH3 is 2. The van der Waals surface area contributed by atoms with E-state index in [0.29, 0.717) is 17.3 Å². The number of rotatable bonds is 8. The Morgan fingerprint density at radius 1 is 0.560 bits per heavy atom. The minimum absolute atomic E-state index is 0.143. The first-order valence-corrected chi connectivity index (χ1v) is 18.1. The lowest BCUT2D eigenvalue weighted by Crippen LogP contribution is -2.16. The number of hydrogen-bond acceptors (Lipinski definition) is 9. The van der Waals surface area contributed by atoms with E-state index >= 15 is 0 Å². The van der Waals surface area contributed by atoms with Crippen LogP contribution in [0.2, 0.25) is 0 Å². The third-order valence-electron chi connectivity index (χ3n) is 5.69. The van der Waals surface area contributed by atoms with Crippen LogP contribution >= 0.6 is 139 Å². The van der Waals surface area contributed by atoms with Crippen LogP contribution in [0.1, 0.15) is 65.4 Å². The number of ether oxygens (including phenoxy) is 2. The second-order valence-electron chi connectivity index (χ2n) is 9.54. The topological polar surface area (TPSA) is 109 Å². The van der Waals surface area contributed by atoms with Gasteiger partial charge in [-0.25, -0.2) is 29.9 Å². The normalized spacial score (nSPS) is 12.7. The first kappa shape index (κ1) is 43.5. The van der Waals surface area contributed by atoms with Crippen molar-refractivity contribution in [1.82, 2.24) is 29.9 Å². The summed E-state index contributed by atoms with van der Waals surface area (Å²) < 4.78 is 8.49. The molecule has 0 saturated heterocycles. The maximum absolute atomic E-state index is 5.84. The van der Waals surface area contributed by atoms with Gasteiger partial charge in [-0.1, -0.05) is 152 Å². The number of nitrogens with zero attached hydrogens (tertiary/aromatic N) is 6. The summed E-state index contributed by atoms with van der Waals surface area (Å²) in [7, 11) is 3.10. The van der Waals surface area contributed by atoms with Gasteiger partial charge in [-0.15, -0.1) is 0 Å². The second kappa shape index (κ2) is 18.4. The molecule has 0 aliphatic heterocycles. The van der Waals surface area contributed by atoms with Crippen molar-refractivity contribution in [2.45, 2.75) is 34.9 Å². The van der Waals surface area contributed by atoms with E-state index in [0.717, 1.165) is 24.2 Å². The predicted octanol–water partition coefficient (Wildman–Crippen LogP) is 12.0. The largest absolute Gasteiger partial charge is 0.497 e. The molecule has 21 heteroatoms. The van der Waals surface area contributed by atoms with E-state index in [1.807, 2.05) is 12.1 Å². The highest BCUT2D eigenvalue weighted by atomic mass is 35.6. The average Bonchev–Trinajstić information content (AvgIpc) is 3.48. The fourth-order valence-corrected chi connectivity index (χ4v) is 4.57. The molecule has 50 heavy (non-hydrogen) atoms. The predicted molar refractivity (Wildman–Crippen MR) is 207 cm³/mol. The number of furan rings is 1. The zero-order valence-corrected chi connectivity index (χ0v) is 34.6. The van der Waals surface area contributed by atoms with Crippen LogP contribution in [0.15, 0.2) is 34.7 Å². The van der Waals surface area contributed by atoms with Crippen molar-refractivity contribution in [2.75, 3.05) is 14.2 Å². The lowest BCUT2D eigenvalue weighted by Gasteiger charge is -2.14. The molecule has 0 radical (unpaired) electrons. The molecule has 0 saturated carbocycles. The standard InChI is InChI=1S/C15H11Cl6N3O2.C14H11Cl6N3O/c1-25-9-5-8(6-10(7-9)26-2)3-4-11-22-12(14(16,17)18)24-13(23-11)15(19,20)21;1-2-3-8-4-5-9(24-8)6-7-10-21-11(13(15,16)17)23-12(22-10)14(18,19)20/h3-7H,1-2H3;4-7H,2-3H2,1H3. The Hall–Kier alpha value is -0.920. The van der Waals surface area contributed by atoms with Gasteiger partial charge in [0.1, 0.15) is 23.0 Å². The smallest absolute Gasteiger partial charge is 0.250 e. The molecule has 4 rings (SSSR count). The van der Waals surface area contributed by atoms with E-state index in [-0.39, 0.29) is 34.9 Å². The lowest BCUT2D eigenvalue weighted by molar-refractivity contribution is 0.394. The van der Waals surface area contributed by atoms with Crippen LogP contribution in [0.25, 0.3) is 24.3 Å². The molecule has 270 valence electrons. The first-order valence-electron chi connectivity index (χ1n) is 13.6. The average molecular weight is 928 g/mol. The zero-order valence-electron chi connectivity index (χ0n) is 25.6. The summed E-state index contributed by atoms with van der Waals surface area (Å²) in [5.41, 5.74) is 0.757. The van der Waals surface area contributed by atoms with E-state index in [2.05, 4.69) is 36.8 Å². The van der Waals surface area contributed by atoms with Crippen molar-refractivity contribution in [1.29, 1.82) is 0 Å². The highest BCUT2D eigenvalue weighted by Gasteiger charge is 2.34. The Morgan fingerprint density at radius 3 is 1.32 bits per heavy atom. The Bertz CT molecular complexity index is 1730.